The van der Waals surface area contributed by atoms with E-state index in [1.807, 2.05) is 39.8 Å². The van der Waals surface area contributed by atoms with Gasteiger partial charge in [0.2, 0.25) is 0 Å². The van der Waals surface area contributed by atoms with Crippen LogP contribution in [0.5, 0.6) is 23.0 Å². The fourth-order valence-electron chi connectivity index (χ4n) is 4.80. The molecule has 0 saturated carbocycles. The largest absolute Gasteiger partial charge is 0.496 e. The fraction of sp³-hybridized carbons (Fsp3) is 0.312. The SMILES string of the molecule is COC(=O)c1cc(OC)c2c(OC(C)C)c(-c3cc(Br)c4cc(C(=O)OC)cc(OC)c4c3OC(C)C)cc(Br)c2c1. The van der Waals surface area contributed by atoms with E-state index in [0.717, 1.165) is 0 Å². The van der Waals surface area contributed by atoms with Crippen molar-refractivity contribution >= 4 is 65.3 Å². The summed E-state index contributed by atoms with van der Waals surface area (Å²) < 4.78 is 35.9. The third-order valence-electron chi connectivity index (χ3n) is 6.48. The summed E-state index contributed by atoms with van der Waals surface area (Å²) in [4.78, 5) is 24.9. The number of halogens is 2. The van der Waals surface area contributed by atoms with Crippen molar-refractivity contribution < 1.29 is 38.0 Å². The minimum Gasteiger partial charge on any atom is -0.496 e. The van der Waals surface area contributed by atoms with Gasteiger partial charge in [0.05, 0.1) is 62.5 Å². The Kier molecular flexibility index (Phi) is 9.57. The predicted octanol–water partition coefficient (Wildman–Crippen LogP) is 8.35. The third kappa shape index (κ3) is 5.87. The van der Waals surface area contributed by atoms with Crippen LogP contribution in [0, 0.1) is 0 Å². The molecule has 0 bridgehead atoms. The summed E-state index contributed by atoms with van der Waals surface area (Å²) in [5.41, 5.74) is 2.11. The van der Waals surface area contributed by atoms with Crippen LogP contribution >= 0.6 is 31.9 Å². The lowest BCUT2D eigenvalue weighted by Gasteiger charge is -2.24. The lowest BCUT2D eigenvalue weighted by atomic mass is 9.93. The zero-order valence-corrected chi connectivity index (χ0v) is 27.8. The monoisotopic (exact) mass is 702 g/mol. The molecule has 10 heteroatoms. The molecule has 0 aromatic heterocycles. The van der Waals surface area contributed by atoms with Crippen LogP contribution in [-0.4, -0.2) is 52.6 Å². The number of carbonyl (C=O) groups is 2. The summed E-state index contributed by atoms with van der Waals surface area (Å²) in [6.07, 6.45) is -0.401. The molecule has 4 aromatic rings. The quantitative estimate of drug-likeness (QED) is 0.161. The first-order chi connectivity index (χ1) is 19.9. The molecule has 0 aliphatic carbocycles. The Bertz CT molecular complexity index is 1570. The highest BCUT2D eigenvalue weighted by Crippen LogP contribution is 2.52. The predicted molar refractivity (Wildman–Crippen MR) is 170 cm³/mol. The first-order valence-electron chi connectivity index (χ1n) is 13.1. The molecule has 0 spiro atoms. The van der Waals surface area contributed by atoms with Crippen molar-refractivity contribution in [3.8, 4) is 34.1 Å². The van der Waals surface area contributed by atoms with Gasteiger partial charge in [-0.1, -0.05) is 31.9 Å². The van der Waals surface area contributed by atoms with E-state index in [4.69, 9.17) is 28.4 Å². The number of esters is 2. The molecule has 0 aliphatic heterocycles. The van der Waals surface area contributed by atoms with Gasteiger partial charge in [-0.3, -0.25) is 0 Å². The second kappa shape index (κ2) is 12.8. The Morgan fingerprint density at radius 1 is 0.595 bits per heavy atom. The van der Waals surface area contributed by atoms with Crippen molar-refractivity contribution in [2.45, 2.75) is 39.9 Å². The van der Waals surface area contributed by atoms with Gasteiger partial charge in [-0.25, -0.2) is 9.59 Å². The van der Waals surface area contributed by atoms with Crippen LogP contribution < -0.4 is 18.9 Å². The lowest BCUT2D eigenvalue weighted by Crippen LogP contribution is -2.11. The summed E-state index contributed by atoms with van der Waals surface area (Å²) in [6.45, 7) is 7.75. The average Bonchev–Trinajstić information content (AvgIpc) is 2.97. The molecular formula is C32H32Br2O8. The van der Waals surface area contributed by atoms with E-state index in [-0.39, 0.29) is 12.2 Å². The van der Waals surface area contributed by atoms with Gasteiger partial charge in [-0.2, -0.15) is 0 Å². The highest BCUT2D eigenvalue weighted by molar-refractivity contribution is 9.11. The first-order valence-corrected chi connectivity index (χ1v) is 14.7. The Hall–Kier alpha value is -3.50. The molecule has 4 rings (SSSR count). The maximum atomic E-state index is 12.5. The number of carbonyl (C=O) groups excluding carboxylic acids is 2. The van der Waals surface area contributed by atoms with Gasteiger partial charge in [-0.15, -0.1) is 0 Å². The molecule has 0 radical (unpaired) electrons. The molecule has 8 nitrogen and oxygen atoms in total. The van der Waals surface area contributed by atoms with Crippen LogP contribution in [0.4, 0.5) is 0 Å². The maximum Gasteiger partial charge on any atom is 0.338 e. The van der Waals surface area contributed by atoms with Crippen molar-refractivity contribution in [3.63, 3.8) is 0 Å². The number of rotatable bonds is 9. The van der Waals surface area contributed by atoms with Crippen LogP contribution in [0.3, 0.4) is 0 Å². The zero-order chi connectivity index (χ0) is 30.9. The molecule has 0 heterocycles. The van der Waals surface area contributed by atoms with Crippen LogP contribution in [0.25, 0.3) is 32.7 Å². The summed E-state index contributed by atoms with van der Waals surface area (Å²) in [5, 5.41) is 2.76. The highest BCUT2D eigenvalue weighted by Gasteiger charge is 2.27. The lowest BCUT2D eigenvalue weighted by molar-refractivity contribution is 0.0591. The number of methoxy groups -OCH3 is 4. The summed E-state index contributed by atoms with van der Waals surface area (Å²) in [5.74, 6) is 1.00. The summed E-state index contributed by atoms with van der Waals surface area (Å²) in [6, 6.07) is 10.6. The zero-order valence-electron chi connectivity index (χ0n) is 24.6. The van der Waals surface area contributed by atoms with Crippen LogP contribution in [-0.2, 0) is 9.47 Å². The second-order valence-corrected chi connectivity index (χ2v) is 11.7. The van der Waals surface area contributed by atoms with E-state index >= 15 is 0 Å². The van der Waals surface area contributed by atoms with Gasteiger partial charge in [0.15, 0.2) is 0 Å². The smallest absolute Gasteiger partial charge is 0.338 e. The van der Waals surface area contributed by atoms with Gasteiger partial charge in [0, 0.05) is 30.8 Å². The molecule has 42 heavy (non-hydrogen) atoms. The standard InChI is InChI=1S/C32H32Br2O8/c1-15(2)41-29-19(13-23(33)21-9-17(31(35)39-7)11-25(37-5)27(21)29)20-14-24(34)22-10-18(32(36)40-8)12-26(38-6)28(22)30(20)42-16(3)4/h9-16H,1-8H3. The second-order valence-electron chi connectivity index (χ2n) is 9.99. The van der Waals surface area contributed by atoms with Gasteiger partial charge in [-0.05, 0) is 64.1 Å². The topological polar surface area (TPSA) is 89.5 Å². The van der Waals surface area contributed by atoms with Crippen LogP contribution in [0.15, 0.2) is 45.3 Å². The number of hydrogen-bond acceptors (Lipinski definition) is 8. The third-order valence-corrected chi connectivity index (χ3v) is 7.80. The Labute approximate surface area is 261 Å². The first kappa shape index (κ1) is 31.4. The molecule has 222 valence electrons. The Morgan fingerprint density at radius 3 is 1.24 bits per heavy atom. The van der Waals surface area contributed by atoms with Gasteiger partial charge in [0.25, 0.3) is 0 Å². The fourth-order valence-corrected chi connectivity index (χ4v) is 5.88. The van der Waals surface area contributed by atoms with Gasteiger partial charge >= 0.3 is 11.9 Å². The number of fused-ring (bicyclic) bond motifs is 2. The number of hydrogen-bond donors (Lipinski definition) is 0. The van der Waals surface area contributed by atoms with Crippen LogP contribution in [0.2, 0.25) is 0 Å². The molecule has 0 N–H and O–H groups in total. The Morgan fingerprint density at radius 2 is 0.952 bits per heavy atom. The Balaban J connectivity index is 2.20. The van der Waals surface area contributed by atoms with E-state index in [9.17, 15) is 9.59 Å². The molecule has 0 atom stereocenters. The molecular weight excluding hydrogens is 672 g/mol. The molecule has 4 aromatic carbocycles. The highest BCUT2D eigenvalue weighted by atomic mass is 79.9. The van der Waals surface area contributed by atoms with Crippen molar-refractivity contribution in [2.75, 3.05) is 28.4 Å². The van der Waals surface area contributed by atoms with Crippen molar-refractivity contribution in [3.05, 3.63) is 56.5 Å². The van der Waals surface area contributed by atoms with Gasteiger partial charge in [0.1, 0.15) is 23.0 Å². The maximum absolute atomic E-state index is 12.5. The van der Waals surface area contributed by atoms with E-state index in [0.29, 0.717) is 75.7 Å². The normalized spacial score (nSPS) is 11.2. The van der Waals surface area contributed by atoms with E-state index in [2.05, 4.69) is 31.9 Å². The molecule has 0 unspecified atom stereocenters. The van der Waals surface area contributed by atoms with Crippen molar-refractivity contribution in [1.29, 1.82) is 0 Å². The minimum atomic E-state index is -0.484. The molecule has 0 amide bonds. The van der Waals surface area contributed by atoms with Crippen molar-refractivity contribution in [2.24, 2.45) is 0 Å². The molecule has 0 fully saturated rings. The van der Waals surface area contributed by atoms with E-state index in [1.54, 1.807) is 38.5 Å². The average molecular weight is 704 g/mol. The van der Waals surface area contributed by atoms with E-state index < -0.39 is 11.9 Å². The summed E-state index contributed by atoms with van der Waals surface area (Å²) in [7, 11) is 5.75. The number of benzene rings is 4. The van der Waals surface area contributed by atoms with E-state index in [1.165, 1.54) is 14.2 Å². The minimum absolute atomic E-state index is 0.200. The molecule has 0 aliphatic rings. The van der Waals surface area contributed by atoms with Gasteiger partial charge < -0.3 is 28.4 Å². The van der Waals surface area contributed by atoms with Crippen LogP contribution in [0.1, 0.15) is 48.4 Å². The number of ether oxygens (including phenoxy) is 6. The summed E-state index contributed by atoms with van der Waals surface area (Å²) >= 11 is 7.45. The van der Waals surface area contributed by atoms with Crippen molar-refractivity contribution in [1.82, 2.24) is 0 Å². The molecule has 0 saturated heterocycles.